The molecule has 2 saturated heterocycles. The Morgan fingerprint density at radius 3 is 2.21 bits per heavy atom. The summed E-state index contributed by atoms with van der Waals surface area (Å²) in [5, 5.41) is 10.4. The van der Waals surface area contributed by atoms with E-state index in [4.69, 9.17) is 5.11 Å². The van der Waals surface area contributed by atoms with Crippen LogP contribution in [0, 0.1) is 5.41 Å². The number of aliphatic hydroxyl groups excluding tert-OH is 1. The number of rotatable bonds is 0. The molecule has 2 N–H and O–H groups in total. The van der Waals surface area contributed by atoms with Gasteiger partial charge in [0.15, 0.2) is 0 Å². The average Bonchev–Trinajstić information content (AvgIpc) is 2.84. The first kappa shape index (κ1) is 13.9. The Labute approximate surface area is 88.5 Å². The summed E-state index contributed by atoms with van der Waals surface area (Å²) in [6.45, 7) is 9.13. The van der Waals surface area contributed by atoms with Gasteiger partial charge in [-0.05, 0) is 38.4 Å². The van der Waals surface area contributed by atoms with E-state index in [1.165, 1.54) is 39.0 Å². The van der Waals surface area contributed by atoms with Gasteiger partial charge in [0.05, 0.1) is 0 Å². The molecule has 0 bridgehead atoms. The van der Waals surface area contributed by atoms with Crippen molar-refractivity contribution in [1.82, 2.24) is 10.2 Å². The molecular weight excluding hydrogens is 176 g/mol. The number of hydrogen-bond donors (Lipinski definition) is 2. The van der Waals surface area contributed by atoms with Crippen molar-refractivity contribution in [3.63, 3.8) is 0 Å². The van der Waals surface area contributed by atoms with Crippen molar-refractivity contribution in [3.05, 3.63) is 0 Å². The minimum atomic E-state index is 0.675. The maximum absolute atomic E-state index is 7.00. The minimum absolute atomic E-state index is 0.675. The van der Waals surface area contributed by atoms with Gasteiger partial charge in [-0.25, -0.2) is 0 Å². The van der Waals surface area contributed by atoms with Gasteiger partial charge in [0.25, 0.3) is 0 Å². The molecule has 0 aliphatic carbocycles. The fourth-order valence-electron chi connectivity index (χ4n) is 2.30. The number of nitrogens with zero attached hydrogens (tertiary/aromatic N) is 1. The second-order valence-electron chi connectivity index (χ2n) is 3.91. The number of likely N-dealkylation sites (tertiary alicyclic amines) is 1. The molecule has 2 aliphatic rings. The Morgan fingerprint density at radius 2 is 1.86 bits per heavy atom. The van der Waals surface area contributed by atoms with Crippen LogP contribution in [0.3, 0.4) is 0 Å². The first-order chi connectivity index (χ1) is 6.81. The molecule has 0 aromatic heterocycles. The maximum atomic E-state index is 7.00. The molecule has 2 aliphatic heterocycles. The van der Waals surface area contributed by atoms with Crippen LogP contribution in [-0.4, -0.2) is 50.3 Å². The smallest absolute Gasteiger partial charge is 0.0319 e. The Kier molecular flexibility index (Phi) is 7.15. The van der Waals surface area contributed by atoms with Crippen molar-refractivity contribution in [2.75, 3.05) is 40.3 Å². The van der Waals surface area contributed by atoms with E-state index in [9.17, 15) is 0 Å². The number of nitrogens with one attached hydrogen (secondary N) is 1. The van der Waals surface area contributed by atoms with E-state index in [1.807, 2.05) is 13.8 Å². The highest BCUT2D eigenvalue weighted by Gasteiger charge is 2.38. The standard InChI is InChI=1S/C8H16N2.C2H6.CH4O/c1-10-5-3-8(7-10)2-4-9-6-8;2*1-2/h9H,2-7H2,1H3;1-2H3;2H,1H3. The second-order valence-corrected chi connectivity index (χ2v) is 3.91. The van der Waals surface area contributed by atoms with E-state index >= 15 is 0 Å². The van der Waals surface area contributed by atoms with E-state index in [0.717, 1.165) is 7.11 Å². The molecular formula is C11H26N2O. The lowest BCUT2D eigenvalue weighted by atomic mass is 9.87. The molecule has 0 aromatic carbocycles. The Morgan fingerprint density at radius 1 is 1.21 bits per heavy atom. The first-order valence-corrected chi connectivity index (χ1v) is 5.65. The Balaban J connectivity index is 0.000000379. The zero-order valence-corrected chi connectivity index (χ0v) is 10.1. The predicted molar refractivity (Wildman–Crippen MR) is 61.5 cm³/mol. The summed E-state index contributed by atoms with van der Waals surface area (Å²) in [4.78, 5) is 2.45. The maximum Gasteiger partial charge on any atom is 0.0319 e. The van der Waals surface area contributed by atoms with Crippen molar-refractivity contribution in [2.24, 2.45) is 5.41 Å². The van der Waals surface area contributed by atoms with Crippen LogP contribution in [0.1, 0.15) is 26.7 Å². The van der Waals surface area contributed by atoms with Crippen molar-refractivity contribution in [1.29, 1.82) is 0 Å². The number of hydrogen-bond acceptors (Lipinski definition) is 3. The SMILES string of the molecule is CC.CN1CCC2(CCNC2)C1.CO. The topological polar surface area (TPSA) is 35.5 Å². The Bertz CT molecular complexity index is 133. The molecule has 0 aromatic rings. The molecule has 3 heteroatoms. The monoisotopic (exact) mass is 202 g/mol. The van der Waals surface area contributed by atoms with E-state index in [0.29, 0.717) is 5.41 Å². The van der Waals surface area contributed by atoms with E-state index < -0.39 is 0 Å². The molecule has 3 nitrogen and oxygen atoms in total. The summed E-state index contributed by atoms with van der Waals surface area (Å²) in [6, 6.07) is 0. The van der Waals surface area contributed by atoms with Gasteiger partial charge in [-0.15, -0.1) is 0 Å². The van der Waals surface area contributed by atoms with Gasteiger partial charge in [0.1, 0.15) is 0 Å². The van der Waals surface area contributed by atoms with Gasteiger partial charge in [0.2, 0.25) is 0 Å². The molecule has 2 rings (SSSR count). The molecule has 14 heavy (non-hydrogen) atoms. The van der Waals surface area contributed by atoms with Gasteiger partial charge >= 0.3 is 0 Å². The summed E-state index contributed by atoms with van der Waals surface area (Å²) < 4.78 is 0. The van der Waals surface area contributed by atoms with E-state index in [1.54, 1.807) is 0 Å². The molecule has 1 unspecified atom stereocenters. The lowest BCUT2D eigenvalue weighted by molar-refractivity contribution is 0.309. The van der Waals surface area contributed by atoms with Crippen LogP contribution in [0.5, 0.6) is 0 Å². The lowest BCUT2D eigenvalue weighted by Crippen LogP contribution is -2.27. The molecule has 2 fully saturated rings. The van der Waals surface area contributed by atoms with Gasteiger partial charge in [-0.3, -0.25) is 0 Å². The van der Waals surface area contributed by atoms with Gasteiger partial charge < -0.3 is 15.3 Å². The molecule has 1 spiro atoms. The zero-order chi connectivity index (χ0) is 11.0. The van der Waals surface area contributed by atoms with Crippen LogP contribution >= 0.6 is 0 Å². The second kappa shape index (κ2) is 7.21. The van der Waals surface area contributed by atoms with Crippen molar-refractivity contribution >= 4 is 0 Å². The molecule has 0 radical (unpaired) electrons. The Hall–Kier alpha value is -0.120. The van der Waals surface area contributed by atoms with E-state index in [-0.39, 0.29) is 0 Å². The summed E-state index contributed by atoms with van der Waals surface area (Å²) in [5.41, 5.74) is 0.675. The third-order valence-electron chi connectivity index (χ3n) is 2.96. The highest BCUT2D eigenvalue weighted by molar-refractivity contribution is 4.94. The van der Waals surface area contributed by atoms with Crippen LogP contribution < -0.4 is 5.32 Å². The highest BCUT2D eigenvalue weighted by atomic mass is 16.2. The molecule has 86 valence electrons. The summed E-state index contributed by atoms with van der Waals surface area (Å²) >= 11 is 0. The largest absolute Gasteiger partial charge is 0.400 e. The molecule has 0 saturated carbocycles. The van der Waals surface area contributed by atoms with Crippen molar-refractivity contribution < 1.29 is 5.11 Å². The lowest BCUT2D eigenvalue weighted by Gasteiger charge is -2.20. The van der Waals surface area contributed by atoms with Crippen LogP contribution in [0.2, 0.25) is 0 Å². The molecule has 2 heterocycles. The van der Waals surface area contributed by atoms with Crippen LogP contribution in [-0.2, 0) is 0 Å². The van der Waals surface area contributed by atoms with Gasteiger partial charge in [-0.2, -0.15) is 0 Å². The minimum Gasteiger partial charge on any atom is -0.400 e. The third kappa shape index (κ3) is 3.56. The molecule has 1 atom stereocenters. The third-order valence-corrected chi connectivity index (χ3v) is 2.96. The summed E-state index contributed by atoms with van der Waals surface area (Å²) in [5.74, 6) is 0. The zero-order valence-electron chi connectivity index (χ0n) is 10.1. The fraction of sp³-hybridized carbons (Fsp3) is 1.00. The predicted octanol–water partition coefficient (Wildman–Crippen LogP) is 0.936. The van der Waals surface area contributed by atoms with Crippen molar-refractivity contribution in [3.8, 4) is 0 Å². The van der Waals surface area contributed by atoms with Gasteiger partial charge in [-0.1, -0.05) is 13.8 Å². The number of aliphatic hydroxyl groups is 1. The van der Waals surface area contributed by atoms with Crippen molar-refractivity contribution in [2.45, 2.75) is 26.7 Å². The van der Waals surface area contributed by atoms with Crippen LogP contribution in [0.4, 0.5) is 0 Å². The summed E-state index contributed by atoms with van der Waals surface area (Å²) in [6.07, 6.45) is 2.81. The van der Waals surface area contributed by atoms with E-state index in [2.05, 4.69) is 17.3 Å². The average molecular weight is 202 g/mol. The quantitative estimate of drug-likeness (QED) is 0.613. The van der Waals surface area contributed by atoms with Gasteiger partial charge in [0, 0.05) is 20.2 Å². The normalized spacial score (nSPS) is 30.6. The van der Waals surface area contributed by atoms with Crippen LogP contribution in [0.15, 0.2) is 0 Å². The summed E-state index contributed by atoms with van der Waals surface area (Å²) in [7, 11) is 3.23. The fourth-order valence-corrected chi connectivity index (χ4v) is 2.30. The first-order valence-electron chi connectivity index (χ1n) is 5.65. The molecule has 0 amide bonds. The van der Waals surface area contributed by atoms with Crippen LogP contribution in [0.25, 0.3) is 0 Å². The highest BCUT2D eigenvalue weighted by Crippen LogP contribution is 2.34.